The van der Waals surface area contributed by atoms with E-state index in [2.05, 4.69) is 32.8 Å². The van der Waals surface area contributed by atoms with Crippen molar-refractivity contribution < 1.29 is 18.7 Å². The number of benzene rings is 2. The van der Waals surface area contributed by atoms with Crippen LogP contribution in [0.2, 0.25) is 0 Å². The standard InChI is InChI=1S/C19H18IN3O4/c1-23(19(24)12-4-7-14(20)8-5-12)11-17-21-22-18(27-17)13-6-9-15(25-2)16(10-13)26-3/h4-10H,11H2,1-3H3. The first-order valence-electron chi connectivity index (χ1n) is 8.07. The maximum absolute atomic E-state index is 12.5. The predicted molar refractivity (Wildman–Crippen MR) is 108 cm³/mol. The topological polar surface area (TPSA) is 77.7 Å². The monoisotopic (exact) mass is 479 g/mol. The molecule has 7 nitrogen and oxygen atoms in total. The Labute approximate surface area is 170 Å². The molecule has 0 N–H and O–H groups in total. The van der Waals surface area contributed by atoms with Crippen LogP contribution in [0.4, 0.5) is 0 Å². The second-order valence-electron chi connectivity index (χ2n) is 5.74. The van der Waals surface area contributed by atoms with Crippen LogP contribution in [0.1, 0.15) is 16.2 Å². The summed E-state index contributed by atoms with van der Waals surface area (Å²) in [4.78, 5) is 14.0. The van der Waals surface area contributed by atoms with Gasteiger partial charge in [0.05, 0.1) is 20.8 Å². The fraction of sp³-hybridized carbons (Fsp3) is 0.211. The van der Waals surface area contributed by atoms with E-state index in [0.29, 0.717) is 34.4 Å². The van der Waals surface area contributed by atoms with Gasteiger partial charge in [-0.2, -0.15) is 0 Å². The van der Waals surface area contributed by atoms with Gasteiger partial charge in [0.25, 0.3) is 5.91 Å². The first-order valence-corrected chi connectivity index (χ1v) is 9.15. The number of nitrogens with zero attached hydrogens (tertiary/aromatic N) is 3. The third kappa shape index (κ3) is 4.38. The molecule has 0 aliphatic rings. The Morgan fingerprint density at radius 3 is 2.44 bits per heavy atom. The summed E-state index contributed by atoms with van der Waals surface area (Å²) in [6.45, 7) is 0.213. The minimum atomic E-state index is -0.114. The summed E-state index contributed by atoms with van der Waals surface area (Å²) in [5, 5.41) is 8.10. The number of amides is 1. The molecule has 3 rings (SSSR count). The Morgan fingerprint density at radius 1 is 1.07 bits per heavy atom. The summed E-state index contributed by atoms with van der Waals surface area (Å²) in [7, 11) is 4.83. The fourth-order valence-corrected chi connectivity index (χ4v) is 2.85. The van der Waals surface area contributed by atoms with Crippen LogP contribution in [0.5, 0.6) is 11.5 Å². The predicted octanol–water partition coefficient (Wildman–Crippen LogP) is 3.63. The lowest BCUT2D eigenvalue weighted by atomic mass is 10.2. The van der Waals surface area contributed by atoms with Crippen LogP contribution in [0.3, 0.4) is 0 Å². The van der Waals surface area contributed by atoms with Crippen molar-refractivity contribution in [2.45, 2.75) is 6.54 Å². The number of ether oxygens (including phenoxy) is 2. The summed E-state index contributed by atoms with van der Waals surface area (Å²) in [5.74, 6) is 1.77. The number of carbonyl (C=O) groups excluding carboxylic acids is 1. The molecule has 0 fully saturated rings. The van der Waals surface area contributed by atoms with E-state index >= 15 is 0 Å². The first kappa shape index (κ1) is 19.2. The molecule has 2 aromatic carbocycles. The smallest absolute Gasteiger partial charge is 0.254 e. The minimum absolute atomic E-state index is 0.114. The second-order valence-corrected chi connectivity index (χ2v) is 6.98. The number of carbonyl (C=O) groups is 1. The van der Waals surface area contributed by atoms with E-state index in [-0.39, 0.29) is 12.5 Å². The molecule has 0 atom stereocenters. The van der Waals surface area contributed by atoms with E-state index in [9.17, 15) is 4.79 Å². The molecule has 0 unspecified atom stereocenters. The largest absolute Gasteiger partial charge is 0.493 e. The van der Waals surface area contributed by atoms with Crippen LogP contribution >= 0.6 is 22.6 Å². The zero-order chi connectivity index (χ0) is 19.4. The molecule has 0 bridgehead atoms. The fourth-order valence-electron chi connectivity index (χ4n) is 2.49. The van der Waals surface area contributed by atoms with Gasteiger partial charge >= 0.3 is 0 Å². The van der Waals surface area contributed by atoms with E-state index in [1.807, 2.05) is 12.1 Å². The quantitative estimate of drug-likeness (QED) is 0.503. The molecule has 0 aliphatic heterocycles. The second kappa shape index (κ2) is 8.38. The van der Waals surface area contributed by atoms with Crippen LogP contribution in [0.25, 0.3) is 11.5 Å². The molecular weight excluding hydrogens is 461 g/mol. The lowest BCUT2D eigenvalue weighted by Crippen LogP contribution is -2.26. The lowest BCUT2D eigenvalue weighted by Gasteiger charge is -2.14. The zero-order valence-electron chi connectivity index (χ0n) is 15.1. The lowest BCUT2D eigenvalue weighted by molar-refractivity contribution is 0.0773. The van der Waals surface area contributed by atoms with Gasteiger partial charge in [-0.05, 0) is 65.1 Å². The van der Waals surface area contributed by atoms with Gasteiger partial charge in [-0.25, -0.2) is 0 Å². The number of halogens is 1. The maximum Gasteiger partial charge on any atom is 0.254 e. The van der Waals surface area contributed by atoms with Gasteiger partial charge in [0.2, 0.25) is 11.8 Å². The molecule has 8 heteroatoms. The molecule has 1 heterocycles. The average molecular weight is 479 g/mol. The van der Waals surface area contributed by atoms with Gasteiger partial charge in [0.1, 0.15) is 0 Å². The van der Waals surface area contributed by atoms with Crippen molar-refractivity contribution in [1.82, 2.24) is 15.1 Å². The van der Waals surface area contributed by atoms with Crippen LogP contribution in [0, 0.1) is 3.57 Å². The molecule has 0 radical (unpaired) electrons. The van der Waals surface area contributed by atoms with Gasteiger partial charge in [-0.15, -0.1) is 10.2 Å². The van der Waals surface area contributed by atoms with Gasteiger partial charge in [-0.1, -0.05) is 0 Å². The molecule has 1 amide bonds. The number of hydrogen-bond acceptors (Lipinski definition) is 6. The van der Waals surface area contributed by atoms with E-state index in [0.717, 1.165) is 3.57 Å². The van der Waals surface area contributed by atoms with Crippen LogP contribution in [-0.2, 0) is 6.54 Å². The molecule has 0 saturated heterocycles. The van der Waals surface area contributed by atoms with Crippen molar-refractivity contribution >= 4 is 28.5 Å². The summed E-state index contributed by atoms with van der Waals surface area (Å²) >= 11 is 2.20. The third-order valence-electron chi connectivity index (χ3n) is 3.91. The highest BCUT2D eigenvalue weighted by Crippen LogP contribution is 2.31. The van der Waals surface area contributed by atoms with Gasteiger partial charge in [-0.3, -0.25) is 4.79 Å². The van der Waals surface area contributed by atoms with E-state index in [1.165, 1.54) is 4.90 Å². The van der Waals surface area contributed by atoms with Crippen LogP contribution in [0.15, 0.2) is 46.9 Å². The van der Waals surface area contributed by atoms with Crippen molar-refractivity contribution in [2.75, 3.05) is 21.3 Å². The van der Waals surface area contributed by atoms with E-state index in [4.69, 9.17) is 13.9 Å². The molecule has 0 aliphatic carbocycles. The van der Waals surface area contributed by atoms with Crippen molar-refractivity contribution in [3.05, 3.63) is 57.5 Å². The Balaban J connectivity index is 1.74. The SMILES string of the molecule is COc1ccc(-c2nnc(CN(C)C(=O)c3ccc(I)cc3)o2)cc1OC. The van der Waals surface area contributed by atoms with Crippen molar-refractivity contribution in [3.63, 3.8) is 0 Å². The molecule has 0 saturated carbocycles. The Kier molecular flexibility index (Phi) is 5.94. The summed E-state index contributed by atoms with van der Waals surface area (Å²) < 4.78 is 17.3. The van der Waals surface area contributed by atoms with Crippen LogP contribution in [-0.4, -0.2) is 42.3 Å². The minimum Gasteiger partial charge on any atom is -0.493 e. The maximum atomic E-state index is 12.5. The third-order valence-corrected chi connectivity index (χ3v) is 4.63. The number of methoxy groups -OCH3 is 2. The van der Waals surface area contributed by atoms with Crippen molar-refractivity contribution in [2.24, 2.45) is 0 Å². The number of aromatic nitrogens is 2. The van der Waals surface area contributed by atoms with Crippen molar-refractivity contribution in [1.29, 1.82) is 0 Å². The average Bonchev–Trinajstić information content (AvgIpc) is 3.15. The molecular formula is C19H18IN3O4. The number of rotatable bonds is 6. The normalized spacial score (nSPS) is 10.5. The summed E-state index contributed by atoms with van der Waals surface area (Å²) in [5.41, 5.74) is 1.32. The first-order chi connectivity index (χ1) is 13.0. The Hall–Kier alpha value is -2.62. The molecule has 0 spiro atoms. The molecule has 140 valence electrons. The summed E-state index contributed by atoms with van der Waals surface area (Å²) in [6.07, 6.45) is 0. The number of hydrogen-bond donors (Lipinski definition) is 0. The highest BCUT2D eigenvalue weighted by molar-refractivity contribution is 14.1. The van der Waals surface area contributed by atoms with Gasteiger partial charge < -0.3 is 18.8 Å². The highest BCUT2D eigenvalue weighted by atomic mass is 127. The zero-order valence-corrected chi connectivity index (χ0v) is 17.3. The Bertz CT molecular complexity index is 940. The van der Waals surface area contributed by atoms with Crippen molar-refractivity contribution in [3.8, 4) is 23.0 Å². The highest BCUT2D eigenvalue weighted by Gasteiger charge is 2.17. The molecule has 3 aromatic rings. The van der Waals surface area contributed by atoms with Crippen LogP contribution < -0.4 is 9.47 Å². The van der Waals surface area contributed by atoms with Gasteiger partial charge in [0.15, 0.2) is 11.5 Å². The van der Waals surface area contributed by atoms with Gasteiger partial charge in [0, 0.05) is 21.7 Å². The van der Waals surface area contributed by atoms with E-state index in [1.54, 1.807) is 51.6 Å². The Morgan fingerprint density at radius 2 is 1.78 bits per heavy atom. The molecule has 27 heavy (non-hydrogen) atoms. The summed E-state index contributed by atoms with van der Waals surface area (Å²) in [6, 6.07) is 12.7. The van der Waals surface area contributed by atoms with E-state index < -0.39 is 0 Å². The molecule has 1 aromatic heterocycles.